The van der Waals surface area contributed by atoms with Crippen LogP contribution in [0.3, 0.4) is 0 Å². The Balaban J connectivity index is 1.64. The van der Waals surface area contributed by atoms with Gasteiger partial charge in [-0.3, -0.25) is 14.5 Å². The molecule has 2 fully saturated rings. The smallest absolute Gasteiger partial charge is 0.223 e. The van der Waals surface area contributed by atoms with E-state index in [9.17, 15) is 9.59 Å². The maximum Gasteiger partial charge on any atom is 0.223 e. The third-order valence-electron chi connectivity index (χ3n) is 5.86. The van der Waals surface area contributed by atoms with Crippen molar-refractivity contribution in [3.8, 4) is 0 Å². The Morgan fingerprint density at radius 1 is 1.20 bits per heavy atom. The first kappa shape index (κ1) is 17.8. The van der Waals surface area contributed by atoms with Crippen LogP contribution in [0, 0.1) is 0 Å². The minimum atomic E-state index is -0.0842. The highest BCUT2D eigenvalue weighted by molar-refractivity contribution is 5.77. The lowest BCUT2D eigenvalue weighted by molar-refractivity contribution is -0.136. The number of carbonyl (C=O) groups is 2. The molecular weight excluding hydrogens is 320 g/mol. The molecule has 1 spiro atoms. The molecule has 1 aromatic rings. The van der Waals surface area contributed by atoms with Gasteiger partial charge in [0.15, 0.2) is 0 Å². The molecule has 0 radical (unpaired) electrons. The first-order chi connectivity index (χ1) is 11.9. The average Bonchev–Trinajstić information content (AvgIpc) is 2.96. The Labute approximate surface area is 148 Å². The summed E-state index contributed by atoms with van der Waals surface area (Å²) in [6.07, 6.45) is 5.01. The second-order valence-electron chi connectivity index (χ2n) is 7.38. The van der Waals surface area contributed by atoms with Crippen LogP contribution in [-0.4, -0.2) is 87.1 Å². The summed E-state index contributed by atoms with van der Waals surface area (Å²) in [4.78, 5) is 30.9. The number of likely N-dealkylation sites (tertiary alicyclic amines) is 1. The van der Waals surface area contributed by atoms with Crippen LogP contribution < -0.4 is 0 Å². The van der Waals surface area contributed by atoms with E-state index in [1.807, 2.05) is 28.5 Å². The second kappa shape index (κ2) is 7.11. The highest BCUT2D eigenvalue weighted by Gasteiger charge is 2.42. The molecule has 2 saturated heterocycles. The van der Waals surface area contributed by atoms with Crippen LogP contribution in [-0.2, 0) is 23.1 Å². The Hall–Kier alpha value is -1.96. The minimum absolute atomic E-state index is 0.0842. The van der Waals surface area contributed by atoms with Gasteiger partial charge >= 0.3 is 0 Å². The molecular formula is C17H28N6O2. The van der Waals surface area contributed by atoms with E-state index in [1.54, 1.807) is 6.33 Å². The van der Waals surface area contributed by atoms with Crippen molar-refractivity contribution >= 4 is 11.8 Å². The summed E-state index contributed by atoms with van der Waals surface area (Å²) in [6.45, 7) is 3.07. The molecule has 1 atom stereocenters. The maximum absolute atomic E-state index is 12.7. The van der Waals surface area contributed by atoms with Gasteiger partial charge in [0.05, 0.1) is 0 Å². The van der Waals surface area contributed by atoms with Gasteiger partial charge in [0.2, 0.25) is 11.8 Å². The van der Waals surface area contributed by atoms with Crippen LogP contribution in [0.25, 0.3) is 0 Å². The van der Waals surface area contributed by atoms with Gasteiger partial charge in [-0.05, 0) is 19.9 Å². The highest BCUT2D eigenvalue weighted by Crippen LogP contribution is 2.32. The zero-order valence-electron chi connectivity index (χ0n) is 15.4. The molecule has 8 nitrogen and oxygen atoms in total. The number of hydrogen-bond donors (Lipinski definition) is 0. The SMILES string of the molecule is CN1CC[C@]2(CCC1=O)CN(C(=O)CCc1nncn1C)CCN2C. The monoisotopic (exact) mass is 348 g/mol. The van der Waals surface area contributed by atoms with Crippen molar-refractivity contribution in [1.29, 1.82) is 0 Å². The number of nitrogens with zero attached hydrogens (tertiary/aromatic N) is 6. The predicted molar refractivity (Wildman–Crippen MR) is 92.8 cm³/mol. The Morgan fingerprint density at radius 3 is 2.72 bits per heavy atom. The Morgan fingerprint density at radius 2 is 2.00 bits per heavy atom. The fourth-order valence-corrected chi connectivity index (χ4v) is 3.88. The lowest BCUT2D eigenvalue weighted by atomic mass is 9.86. The number of aromatic nitrogens is 3. The summed E-state index contributed by atoms with van der Waals surface area (Å²) in [5, 5.41) is 7.91. The van der Waals surface area contributed by atoms with Gasteiger partial charge < -0.3 is 14.4 Å². The molecule has 0 aromatic carbocycles. The number of piperazine rings is 1. The lowest BCUT2D eigenvalue weighted by Gasteiger charge is -2.49. The number of likely N-dealkylation sites (N-methyl/N-ethyl adjacent to an activating group) is 1. The van der Waals surface area contributed by atoms with Crippen LogP contribution in [0.15, 0.2) is 6.33 Å². The number of aryl methyl sites for hydroxylation is 2. The van der Waals surface area contributed by atoms with Crippen LogP contribution in [0.4, 0.5) is 0 Å². The molecule has 2 amide bonds. The first-order valence-corrected chi connectivity index (χ1v) is 8.97. The minimum Gasteiger partial charge on any atom is -0.346 e. The van der Waals surface area contributed by atoms with Gasteiger partial charge in [0, 0.05) is 65.1 Å². The maximum atomic E-state index is 12.7. The molecule has 0 bridgehead atoms. The normalized spacial score (nSPS) is 25.5. The topological polar surface area (TPSA) is 74.6 Å². The predicted octanol–water partition coefficient (Wildman–Crippen LogP) is -0.0972. The van der Waals surface area contributed by atoms with E-state index in [2.05, 4.69) is 22.1 Å². The second-order valence-corrected chi connectivity index (χ2v) is 7.38. The Bertz CT molecular complexity index is 645. The van der Waals surface area contributed by atoms with Gasteiger partial charge in [-0.1, -0.05) is 0 Å². The van der Waals surface area contributed by atoms with E-state index in [0.29, 0.717) is 25.8 Å². The summed E-state index contributed by atoms with van der Waals surface area (Å²) in [6, 6.07) is 0. The Kier molecular flexibility index (Phi) is 5.08. The molecule has 138 valence electrons. The fraction of sp³-hybridized carbons (Fsp3) is 0.765. The molecule has 0 aliphatic carbocycles. The van der Waals surface area contributed by atoms with Crippen molar-refractivity contribution in [3.63, 3.8) is 0 Å². The van der Waals surface area contributed by atoms with Crippen LogP contribution in [0.2, 0.25) is 0 Å². The quantitative estimate of drug-likeness (QED) is 0.763. The molecule has 25 heavy (non-hydrogen) atoms. The molecule has 2 aliphatic rings. The number of carbonyl (C=O) groups excluding carboxylic acids is 2. The first-order valence-electron chi connectivity index (χ1n) is 8.97. The zero-order chi connectivity index (χ0) is 18.0. The van der Waals surface area contributed by atoms with Crippen molar-refractivity contribution in [2.75, 3.05) is 40.3 Å². The van der Waals surface area contributed by atoms with E-state index in [0.717, 1.165) is 38.3 Å². The van der Waals surface area contributed by atoms with E-state index in [4.69, 9.17) is 0 Å². The summed E-state index contributed by atoms with van der Waals surface area (Å²) in [5.41, 5.74) is -0.0842. The standard InChI is InChI=1S/C17H28N6O2/c1-20-9-8-17(7-6-15(20)24)12-23(11-10-22(17)3)16(25)5-4-14-19-18-13-21(14)2/h13H,4-12H2,1-3H3/t17-/m1/s1. The van der Waals surface area contributed by atoms with Gasteiger partial charge in [-0.25, -0.2) is 0 Å². The molecule has 3 rings (SSSR count). The number of rotatable bonds is 3. The zero-order valence-corrected chi connectivity index (χ0v) is 15.4. The van der Waals surface area contributed by atoms with E-state index in [1.165, 1.54) is 0 Å². The van der Waals surface area contributed by atoms with Crippen LogP contribution >= 0.6 is 0 Å². The molecule has 8 heteroatoms. The molecule has 0 N–H and O–H groups in total. The molecule has 0 saturated carbocycles. The van der Waals surface area contributed by atoms with Gasteiger partial charge in [0.25, 0.3) is 0 Å². The van der Waals surface area contributed by atoms with E-state index >= 15 is 0 Å². The van der Waals surface area contributed by atoms with Crippen molar-refractivity contribution in [2.45, 2.75) is 37.6 Å². The summed E-state index contributed by atoms with van der Waals surface area (Å²) in [7, 11) is 5.88. The van der Waals surface area contributed by atoms with Gasteiger partial charge in [0.1, 0.15) is 12.2 Å². The highest BCUT2D eigenvalue weighted by atomic mass is 16.2. The van der Waals surface area contributed by atoms with Crippen molar-refractivity contribution in [1.82, 2.24) is 29.5 Å². The average molecular weight is 348 g/mol. The third kappa shape index (κ3) is 3.68. The molecule has 2 aliphatic heterocycles. The lowest BCUT2D eigenvalue weighted by Crippen LogP contribution is -2.62. The van der Waals surface area contributed by atoms with E-state index in [-0.39, 0.29) is 17.4 Å². The molecule has 3 heterocycles. The largest absolute Gasteiger partial charge is 0.346 e. The summed E-state index contributed by atoms with van der Waals surface area (Å²) < 4.78 is 1.85. The van der Waals surface area contributed by atoms with Crippen LogP contribution in [0.5, 0.6) is 0 Å². The third-order valence-corrected chi connectivity index (χ3v) is 5.86. The van der Waals surface area contributed by atoms with Crippen molar-refractivity contribution in [3.05, 3.63) is 12.2 Å². The van der Waals surface area contributed by atoms with Gasteiger partial charge in [-0.15, -0.1) is 10.2 Å². The van der Waals surface area contributed by atoms with E-state index < -0.39 is 0 Å². The van der Waals surface area contributed by atoms with Gasteiger partial charge in [-0.2, -0.15) is 0 Å². The molecule has 1 aromatic heterocycles. The fourth-order valence-electron chi connectivity index (χ4n) is 3.88. The van der Waals surface area contributed by atoms with Crippen molar-refractivity contribution in [2.24, 2.45) is 7.05 Å². The number of hydrogen-bond acceptors (Lipinski definition) is 5. The summed E-state index contributed by atoms with van der Waals surface area (Å²) in [5.74, 6) is 1.20. The summed E-state index contributed by atoms with van der Waals surface area (Å²) >= 11 is 0. The van der Waals surface area contributed by atoms with Crippen LogP contribution in [0.1, 0.15) is 31.5 Å². The number of amides is 2. The molecule has 0 unspecified atom stereocenters. The van der Waals surface area contributed by atoms with Crippen molar-refractivity contribution < 1.29 is 9.59 Å².